The summed E-state index contributed by atoms with van der Waals surface area (Å²) in [4.78, 5) is 6.24. The van der Waals surface area contributed by atoms with E-state index in [2.05, 4.69) is 20.1 Å². The molecule has 0 atom stereocenters. The van der Waals surface area contributed by atoms with Gasteiger partial charge in [-0.15, -0.1) is 10.2 Å². The van der Waals surface area contributed by atoms with Crippen molar-refractivity contribution in [3.63, 3.8) is 0 Å². The quantitative estimate of drug-likeness (QED) is 0.797. The predicted molar refractivity (Wildman–Crippen MR) is 65.0 cm³/mol. The van der Waals surface area contributed by atoms with Crippen LogP contribution in [0.3, 0.4) is 0 Å². The highest BCUT2D eigenvalue weighted by Gasteiger charge is 2.07. The molecule has 18 heavy (non-hydrogen) atoms. The zero-order valence-electron chi connectivity index (χ0n) is 10.8. The lowest BCUT2D eigenvalue weighted by atomic mass is 10.2. The zero-order valence-corrected chi connectivity index (χ0v) is 10.8. The molecule has 0 spiro atoms. The highest BCUT2D eigenvalue weighted by molar-refractivity contribution is 5.17. The number of rotatable bonds is 5. The second-order valence-electron chi connectivity index (χ2n) is 4.10. The molecule has 0 bridgehead atoms. The van der Waals surface area contributed by atoms with Crippen LogP contribution in [0.2, 0.25) is 0 Å². The minimum absolute atomic E-state index is 0.588. The van der Waals surface area contributed by atoms with E-state index in [9.17, 15) is 0 Å². The summed E-state index contributed by atoms with van der Waals surface area (Å²) in [6, 6.07) is 3.83. The van der Waals surface area contributed by atoms with E-state index in [-0.39, 0.29) is 0 Å². The number of methoxy groups -OCH3 is 1. The smallest absolute Gasteiger partial charge is 0.230 e. The van der Waals surface area contributed by atoms with Crippen LogP contribution in [0, 0.1) is 6.92 Å². The van der Waals surface area contributed by atoms with Crippen LogP contribution in [0.1, 0.15) is 17.3 Å². The molecule has 0 aliphatic rings. The molecule has 2 aromatic rings. The molecule has 0 N–H and O–H groups in total. The van der Waals surface area contributed by atoms with Gasteiger partial charge in [0.05, 0.1) is 13.7 Å². The molecule has 0 amide bonds. The van der Waals surface area contributed by atoms with E-state index in [4.69, 9.17) is 9.15 Å². The average molecular weight is 248 g/mol. The van der Waals surface area contributed by atoms with Crippen molar-refractivity contribution < 1.29 is 9.15 Å². The van der Waals surface area contributed by atoms with Crippen molar-refractivity contribution in [2.45, 2.75) is 20.0 Å². The fourth-order valence-corrected chi connectivity index (χ4v) is 1.63. The maximum Gasteiger partial charge on any atom is 0.230 e. The van der Waals surface area contributed by atoms with Gasteiger partial charge in [0, 0.05) is 25.7 Å². The molecule has 2 heterocycles. The Bertz CT molecular complexity index is 495. The first-order valence-corrected chi connectivity index (χ1v) is 5.64. The number of hydrogen-bond acceptors (Lipinski definition) is 6. The van der Waals surface area contributed by atoms with Crippen LogP contribution in [0.15, 0.2) is 22.7 Å². The summed E-state index contributed by atoms with van der Waals surface area (Å²) in [5, 5.41) is 7.76. The van der Waals surface area contributed by atoms with Crippen molar-refractivity contribution >= 4 is 0 Å². The maximum absolute atomic E-state index is 5.33. The summed E-state index contributed by atoms with van der Waals surface area (Å²) in [5.41, 5.74) is 1.11. The molecule has 0 saturated heterocycles. The van der Waals surface area contributed by atoms with Gasteiger partial charge in [0.1, 0.15) is 0 Å². The third-order valence-electron chi connectivity index (χ3n) is 2.43. The first-order chi connectivity index (χ1) is 8.67. The molecule has 0 radical (unpaired) electrons. The first-order valence-electron chi connectivity index (χ1n) is 5.64. The number of pyridine rings is 1. The van der Waals surface area contributed by atoms with Gasteiger partial charge in [0.2, 0.25) is 17.7 Å². The highest BCUT2D eigenvalue weighted by Crippen LogP contribution is 2.10. The summed E-state index contributed by atoms with van der Waals surface area (Å²) in [7, 11) is 3.59. The van der Waals surface area contributed by atoms with E-state index in [0.29, 0.717) is 24.2 Å². The standard InChI is InChI=1S/C12H16N4O2/c1-9-14-15-12(18-9)8-16(2)7-10-4-5-11(17-3)13-6-10/h4-6H,7-8H2,1-3H3. The molecule has 6 heteroatoms. The van der Waals surface area contributed by atoms with Crippen molar-refractivity contribution in [1.29, 1.82) is 0 Å². The van der Waals surface area contributed by atoms with Crippen LogP contribution in [0.5, 0.6) is 5.88 Å². The number of aromatic nitrogens is 3. The molecule has 0 aromatic carbocycles. The van der Waals surface area contributed by atoms with Gasteiger partial charge in [0.15, 0.2) is 0 Å². The van der Waals surface area contributed by atoms with Crippen LogP contribution in [0.4, 0.5) is 0 Å². The Balaban J connectivity index is 1.91. The van der Waals surface area contributed by atoms with Gasteiger partial charge in [-0.05, 0) is 12.6 Å². The predicted octanol–water partition coefficient (Wildman–Crippen LogP) is 1.41. The molecule has 0 aliphatic heterocycles. The van der Waals surface area contributed by atoms with Gasteiger partial charge in [-0.2, -0.15) is 0 Å². The highest BCUT2D eigenvalue weighted by atomic mass is 16.5. The van der Waals surface area contributed by atoms with E-state index >= 15 is 0 Å². The maximum atomic E-state index is 5.33. The minimum atomic E-state index is 0.588. The second kappa shape index (κ2) is 5.59. The Morgan fingerprint density at radius 1 is 1.28 bits per heavy atom. The molecule has 0 aliphatic carbocycles. The molecule has 0 fully saturated rings. The monoisotopic (exact) mass is 248 g/mol. The van der Waals surface area contributed by atoms with Gasteiger partial charge in [0.25, 0.3) is 0 Å². The number of aryl methyl sites for hydroxylation is 1. The van der Waals surface area contributed by atoms with Crippen LogP contribution in [-0.4, -0.2) is 34.2 Å². The Morgan fingerprint density at radius 3 is 2.67 bits per heavy atom. The summed E-state index contributed by atoms with van der Waals surface area (Å²) < 4.78 is 10.3. The number of ether oxygens (including phenoxy) is 1. The van der Waals surface area contributed by atoms with Crippen molar-refractivity contribution in [2.24, 2.45) is 0 Å². The first kappa shape index (κ1) is 12.5. The molecule has 2 aromatic heterocycles. The van der Waals surface area contributed by atoms with E-state index in [1.165, 1.54) is 0 Å². The number of nitrogens with zero attached hydrogens (tertiary/aromatic N) is 4. The fraction of sp³-hybridized carbons (Fsp3) is 0.417. The van der Waals surface area contributed by atoms with Crippen LogP contribution in [0.25, 0.3) is 0 Å². The SMILES string of the molecule is COc1ccc(CN(C)Cc2nnc(C)o2)cn1. The van der Waals surface area contributed by atoms with Gasteiger partial charge in [-0.25, -0.2) is 4.98 Å². The molecular weight excluding hydrogens is 232 g/mol. The van der Waals surface area contributed by atoms with Gasteiger partial charge in [-0.1, -0.05) is 6.07 Å². The Morgan fingerprint density at radius 2 is 2.11 bits per heavy atom. The van der Waals surface area contributed by atoms with Crippen LogP contribution < -0.4 is 4.74 Å². The third-order valence-corrected chi connectivity index (χ3v) is 2.43. The molecule has 6 nitrogen and oxygen atoms in total. The fourth-order valence-electron chi connectivity index (χ4n) is 1.63. The average Bonchev–Trinajstić information content (AvgIpc) is 2.75. The van der Waals surface area contributed by atoms with Crippen molar-refractivity contribution in [3.8, 4) is 5.88 Å². The minimum Gasteiger partial charge on any atom is -0.481 e. The molecular formula is C12H16N4O2. The summed E-state index contributed by atoms with van der Waals surface area (Å²) >= 11 is 0. The van der Waals surface area contributed by atoms with Gasteiger partial charge in [-0.3, -0.25) is 4.90 Å². The van der Waals surface area contributed by atoms with E-state index in [0.717, 1.165) is 12.1 Å². The summed E-state index contributed by atoms with van der Waals surface area (Å²) in [6.45, 7) is 3.16. The molecule has 2 rings (SSSR count). The Hall–Kier alpha value is -1.95. The summed E-state index contributed by atoms with van der Waals surface area (Å²) in [6.07, 6.45) is 1.80. The lowest BCUT2D eigenvalue weighted by molar-refractivity contribution is 0.278. The van der Waals surface area contributed by atoms with Gasteiger partial charge < -0.3 is 9.15 Å². The van der Waals surface area contributed by atoms with E-state index < -0.39 is 0 Å². The zero-order chi connectivity index (χ0) is 13.0. The molecule has 0 saturated carbocycles. The third kappa shape index (κ3) is 3.27. The molecule has 96 valence electrons. The second-order valence-corrected chi connectivity index (χ2v) is 4.10. The normalized spacial score (nSPS) is 10.9. The molecule has 0 unspecified atom stereocenters. The van der Waals surface area contributed by atoms with Crippen molar-refractivity contribution in [2.75, 3.05) is 14.2 Å². The topological polar surface area (TPSA) is 64.3 Å². The summed E-state index contributed by atoms with van der Waals surface area (Å²) in [5.74, 6) is 1.83. The number of hydrogen-bond donors (Lipinski definition) is 0. The Labute approximate surface area is 106 Å². The lowest BCUT2D eigenvalue weighted by Gasteiger charge is -2.14. The van der Waals surface area contributed by atoms with E-state index in [1.54, 1.807) is 20.2 Å². The van der Waals surface area contributed by atoms with Gasteiger partial charge >= 0.3 is 0 Å². The van der Waals surface area contributed by atoms with Crippen molar-refractivity contribution in [3.05, 3.63) is 35.7 Å². The largest absolute Gasteiger partial charge is 0.481 e. The van der Waals surface area contributed by atoms with Crippen molar-refractivity contribution in [1.82, 2.24) is 20.1 Å². The lowest BCUT2D eigenvalue weighted by Crippen LogP contribution is -2.17. The Kier molecular flexibility index (Phi) is 3.88. The van der Waals surface area contributed by atoms with Crippen LogP contribution >= 0.6 is 0 Å². The van der Waals surface area contributed by atoms with Crippen LogP contribution in [-0.2, 0) is 13.1 Å². The van der Waals surface area contributed by atoms with E-state index in [1.807, 2.05) is 19.2 Å².